The molecule has 3 aromatic rings. The van der Waals surface area contributed by atoms with E-state index in [4.69, 9.17) is 4.42 Å². The van der Waals surface area contributed by atoms with Crippen molar-refractivity contribution in [3.63, 3.8) is 0 Å². The highest BCUT2D eigenvalue weighted by atomic mass is 16.4. The third-order valence-electron chi connectivity index (χ3n) is 4.91. The molecule has 0 atom stereocenters. The monoisotopic (exact) mass is 373 g/mol. The molecule has 1 aliphatic rings. The lowest BCUT2D eigenvalue weighted by molar-refractivity contribution is -0.116. The van der Waals surface area contributed by atoms with Crippen LogP contribution in [0, 0.1) is 0 Å². The Morgan fingerprint density at radius 1 is 1.25 bits per heavy atom. The van der Waals surface area contributed by atoms with Crippen LogP contribution >= 0.6 is 0 Å². The van der Waals surface area contributed by atoms with Crippen molar-refractivity contribution in [3.8, 4) is 11.3 Å². The molecule has 142 valence electrons. The summed E-state index contributed by atoms with van der Waals surface area (Å²) in [5, 5.41) is 2.81. The predicted octanol–water partition coefficient (Wildman–Crippen LogP) is 4.05. The highest BCUT2D eigenvalue weighted by Crippen LogP contribution is 2.27. The van der Waals surface area contributed by atoms with Crippen LogP contribution < -0.4 is 10.2 Å². The van der Waals surface area contributed by atoms with E-state index < -0.39 is 0 Å². The van der Waals surface area contributed by atoms with Gasteiger partial charge in [0.15, 0.2) is 5.76 Å². The lowest BCUT2D eigenvalue weighted by atomic mass is 9.99. The van der Waals surface area contributed by atoms with Gasteiger partial charge in [-0.1, -0.05) is 36.4 Å². The van der Waals surface area contributed by atoms with Crippen molar-refractivity contribution in [1.82, 2.24) is 10.3 Å². The van der Waals surface area contributed by atoms with Crippen molar-refractivity contribution >= 4 is 17.7 Å². The number of fused-ring (bicyclic) bond motifs is 1. The number of oxazole rings is 1. The molecule has 2 aromatic carbocycles. The zero-order valence-corrected chi connectivity index (χ0v) is 15.9. The van der Waals surface area contributed by atoms with Gasteiger partial charge in [-0.15, -0.1) is 0 Å². The highest BCUT2D eigenvalue weighted by Gasteiger charge is 2.13. The molecule has 28 heavy (non-hydrogen) atoms. The molecule has 0 fully saturated rings. The average Bonchev–Trinajstić information content (AvgIpc) is 3.21. The third-order valence-corrected chi connectivity index (χ3v) is 4.91. The van der Waals surface area contributed by atoms with Crippen molar-refractivity contribution in [1.29, 1.82) is 0 Å². The Balaban J connectivity index is 1.34. The lowest BCUT2D eigenvalue weighted by Crippen LogP contribution is -2.24. The van der Waals surface area contributed by atoms with Crippen molar-refractivity contribution in [2.45, 2.75) is 19.4 Å². The summed E-state index contributed by atoms with van der Waals surface area (Å²) in [7, 11) is 2.12. The Kier molecular flexibility index (Phi) is 5.24. The first-order chi connectivity index (χ1) is 13.7. The van der Waals surface area contributed by atoms with Gasteiger partial charge in [0, 0.05) is 30.9 Å². The first kappa shape index (κ1) is 18.0. The molecule has 0 spiro atoms. The minimum Gasteiger partial charge on any atom is -0.439 e. The summed E-state index contributed by atoms with van der Waals surface area (Å²) in [5.74, 6) is 1.01. The molecule has 1 amide bonds. The third kappa shape index (κ3) is 4.14. The molecule has 0 saturated heterocycles. The van der Waals surface area contributed by atoms with E-state index in [0.29, 0.717) is 11.7 Å². The van der Waals surface area contributed by atoms with E-state index in [1.807, 2.05) is 42.5 Å². The summed E-state index contributed by atoms with van der Waals surface area (Å²) in [6, 6.07) is 16.1. The predicted molar refractivity (Wildman–Crippen MR) is 111 cm³/mol. The van der Waals surface area contributed by atoms with Crippen LogP contribution in [0.5, 0.6) is 0 Å². The number of nitrogens with one attached hydrogen (secondary N) is 1. The number of hydrogen-bond acceptors (Lipinski definition) is 4. The van der Waals surface area contributed by atoms with Gasteiger partial charge < -0.3 is 14.6 Å². The first-order valence-electron chi connectivity index (χ1n) is 9.49. The number of carbonyl (C=O) groups is 1. The quantitative estimate of drug-likeness (QED) is 0.686. The zero-order chi connectivity index (χ0) is 19.3. The van der Waals surface area contributed by atoms with Crippen LogP contribution in [0.3, 0.4) is 0 Å². The maximum atomic E-state index is 12.1. The van der Waals surface area contributed by atoms with Crippen LogP contribution in [0.4, 0.5) is 5.69 Å². The number of carbonyl (C=O) groups excluding carboxylic acids is 1. The summed E-state index contributed by atoms with van der Waals surface area (Å²) in [6.45, 7) is 1.35. The van der Waals surface area contributed by atoms with Gasteiger partial charge in [-0.25, -0.2) is 4.98 Å². The number of aromatic nitrogens is 1. The molecule has 1 aliphatic heterocycles. The van der Waals surface area contributed by atoms with Crippen LogP contribution in [-0.2, 0) is 17.8 Å². The summed E-state index contributed by atoms with van der Waals surface area (Å²) < 4.78 is 5.70. The molecule has 4 rings (SSSR count). The van der Waals surface area contributed by atoms with Gasteiger partial charge in [-0.05, 0) is 42.2 Å². The van der Waals surface area contributed by atoms with Crippen molar-refractivity contribution in [2.24, 2.45) is 0 Å². The van der Waals surface area contributed by atoms with Crippen LogP contribution in [-0.4, -0.2) is 24.5 Å². The Morgan fingerprint density at radius 3 is 2.96 bits per heavy atom. The van der Waals surface area contributed by atoms with Crippen LogP contribution in [0.1, 0.15) is 23.4 Å². The van der Waals surface area contributed by atoms with Crippen molar-refractivity contribution in [2.75, 3.05) is 18.5 Å². The maximum Gasteiger partial charge on any atom is 0.244 e. The molecule has 0 bridgehead atoms. The Morgan fingerprint density at radius 2 is 2.11 bits per heavy atom. The molecular weight excluding hydrogens is 350 g/mol. The second-order valence-electron chi connectivity index (χ2n) is 6.95. The van der Waals surface area contributed by atoms with E-state index in [1.165, 1.54) is 11.3 Å². The number of rotatable bonds is 5. The standard InChI is InChI=1S/C23H23N3O2/c1-26-13-5-8-19-14-17(9-11-20(19)26)10-12-22(27)24-16-23-25-15-21(28-23)18-6-3-2-4-7-18/h2-4,6-7,9-12,14-15H,5,8,13,16H2,1H3,(H,24,27)/b12-10+. The second kappa shape index (κ2) is 8.13. The summed E-state index contributed by atoms with van der Waals surface area (Å²) >= 11 is 0. The number of anilines is 1. The maximum absolute atomic E-state index is 12.1. The average molecular weight is 373 g/mol. The van der Waals surface area contributed by atoms with Crippen LogP contribution in [0.2, 0.25) is 0 Å². The number of benzene rings is 2. The molecule has 0 aliphatic carbocycles. The van der Waals surface area contributed by atoms with E-state index in [0.717, 1.165) is 30.5 Å². The fourth-order valence-electron chi connectivity index (χ4n) is 3.43. The number of nitrogens with zero attached hydrogens (tertiary/aromatic N) is 2. The molecule has 0 saturated carbocycles. The number of aryl methyl sites for hydroxylation is 1. The van der Waals surface area contributed by atoms with Crippen molar-refractivity contribution < 1.29 is 9.21 Å². The molecule has 5 nitrogen and oxygen atoms in total. The molecule has 5 heteroatoms. The molecule has 1 aromatic heterocycles. The van der Waals surface area contributed by atoms with Gasteiger partial charge in [0.2, 0.25) is 11.8 Å². The van der Waals surface area contributed by atoms with E-state index in [2.05, 4.69) is 34.4 Å². The van der Waals surface area contributed by atoms with Crippen molar-refractivity contribution in [3.05, 3.63) is 77.8 Å². The van der Waals surface area contributed by atoms with Gasteiger partial charge in [-0.2, -0.15) is 0 Å². The van der Waals surface area contributed by atoms with Crippen LogP contribution in [0.25, 0.3) is 17.4 Å². The molecule has 0 unspecified atom stereocenters. The summed E-state index contributed by atoms with van der Waals surface area (Å²) in [6.07, 6.45) is 7.32. The van der Waals surface area contributed by atoms with E-state index >= 15 is 0 Å². The zero-order valence-electron chi connectivity index (χ0n) is 15.9. The molecule has 2 heterocycles. The fourth-order valence-corrected chi connectivity index (χ4v) is 3.43. The highest BCUT2D eigenvalue weighted by molar-refractivity contribution is 5.91. The normalized spacial score (nSPS) is 13.5. The minimum atomic E-state index is -0.172. The topological polar surface area (TPSA) is 58.4 Å². The smallest absolute Gasteiger partial charge is 0.244 e. The fraction of sp³-hybridized carbons (Fsp3) is 0.217. The van der Waals surface area contributed by atoms with E-state index in [1.54, 1.807) is 12.3 Å². The number of amides is 1. The van der Waals surface area contributed by atoms with E-state index in [9.17, 15) is 4.79 Å². The first-order valence-corrected chi connectivity index (χ1v) is 9.49. The Labute approximate surface area is 164 Å². The molecular formula is C23H23N3O2. The van der Waals surface area contributed by atoms with Gasteiger partial charge in [-0.3, -0.25) is 4.79 Å². The van der Waals surface area contributed by atoms with Gasteiger partial charge in [0.1, 0.15) is 0 Å². The SMILES string of the molecule is CN1CCCc2cc(/C=C/C(=O)NCc3ncc(-c4ccccc4)o3)ccc21. The van der Waals surface area contributed by atoms with Crippen LogP contribution in [0.15, 0.2) is 65.2 Å². The lowest BCUT2D eigenvalue weighted by Gasteiger charge is -2.27. The Bertz CT molecular complexity index is 992. The largest absolute Gasteiger partial charge is 0.439 e. The van der Waals surface area contributed by atoms with Gasteiger partial charge in [0.05, 0.1) is 12.7 Å². The van der Waals surface area contributed by atoms with Gasteiger partial charge >= 0.3 is 0 Å². The molecule has 0 radical (unpaired) electrons. The summed E-state index contributed by atoms with van der Waals surface area (Å²) in [5.41, 5.74) is 4.62. The molecule has 1 N–H and O–H groups in total. The minimum absolute atomic E-state index is 0.172. The Hall–Kier alpha value is -3.34. The number of hydrogen-bond donors (Lipinski definition) is 1. The van der Waals surface area contributed by atoms with Gasteiger partial charge in [0.25, 0.3) is 0 Å². The van der Waals surface area contributed by atoms with E-state index in [-0.39, 0.29) is 12.5 Å². The summed E-state index contributed by atoms with van der Waals surface area (Å²) in [4.78, 5) is 18.6. The second-order valence-corrected chi connectivity index (χ2v) is 6.95.